The smallest absolute Gasteiger partial charge is 0.0129 e. The summed E-state index contributed by atoms with van der Waals surface area (Å²) in [6.45, 7) is 8.88. The van der Waals surface area contributed by atoms with Gasteiger partial charge in [0.2, 0.25) is 0 Å². The zero-order valence-corrected chi connectivity index (χ0v) is 15.4. The van der Waals surface area contributed by atoms with Gasteiger partial charge in [0.25, 0.3) is 0 Å². The molecule has 0 unspecified atom stereocenters. The summed E-state index contributed by atoms with van der Waals surface area (Å²) < 4.78 is 2.28. The van der Waals surface area contributed by atoms with E-state index in [0.717, 1.165) is 6.42 Å². The van der Waals surface area contributed by atoms with Crippen LogP contribution in [0.15, 0.2) is 33.0 Å². The van der Waals surface area contributed by atoms with Crippen LogP contribution in [-0.2, 0) is 0 Å². The van der Waals surface area contributed by atoms with Crippen LogP contribution in [-0.4, -0.2) is 0 Å². The van der Waals surface area contributed by atoms with E-state index >= 15 is 0 Å². The second-order valence-corrected chi connectivity index (χ2v) is 6.28. The first-order valence-electron chi connectivity index (χ1n) is 7.67. The van der Waals surface area contributed by atoms with Gasteiger partial charge in [-0.1, -0.05) is 77.6 Å². The van der Waals surface area contributed by atoms with E-state index in [0.29, 0.717) is 0 Å². The predicted octanol–water partition coefficient (Wildman–Crippen LogP) is 7.36. The summed E-state index contributed by atoms with van der Waals surface area (Å²) in [5.41, 5.74) is 4.55. The van der Waals surface area contributed by atoms with Gasteiger partial charge in [-0.25, -0.2) is 0 Å². The van der Waals surface area contributed by atoms with Gasteiger partial charge in [-0.05, 0) is 57.0 Å². The van der Waals surface area contributed by atoms with E-state index in [1.807, 2.05) is 0 Å². The highest BCUT2D eigenvalue weighted by Crippen LogP contribution is 2.18. The highest BCUT2D eigenvalue weighted by atomic mass is 127. The SMILES string of the molecule is CCCCCC/C(=C/I)C/C=C(\C)CCC=C(C)C. The van der Waals surface area contributed by atoms with Crippen molar-refractivity contribution in [3.8, 4) is 0 Å². The second-order valence-electron chi connectivity index (χ2n) is 5.65. The van der Waals surface area contributed by atoms with E-state index in [4.69, 9.17) is 0 Å². The van der Waals surface area contributed by atoms with E-state index in [2.05, 4.69) is 66.5 Å². The Morgan fingerprint density at radius 1 is 0.947 bits per heavy atom. The lowest BCUT2D eigenvalue weighted by atomic mass is 10.0. The fourth-order valence-electron chi connectivity index (χ4n) is 1.98. The van der Waals surface area contributed by atoms with E-state index in [-0.39, 0.29) is 0 Å². The molecule has 0 atom stereocenters. The Morgan fingerprint density at radius 3 is 2.26 bits per heavy atom. The van der Waals surface area contributed by atoms with E-state index in [9.17, 15) is 0 Å². The highest BCUT2D eigenvalue weighted by molar-refractivity contribution is 14.1. The molecule has 1 heteroatoms. The Hall–Kier alpha value is -0.0500. The van der Waals surface area contributed by atoms with Crippen LogP contribution in [0.2, 0.25) is 0 Å². The van der Waals surface area contributed by atoms with Gasteiger partial charge < -0.3 is 0 Å². The highest BCUT2D eigenvalue weighted by Gasteiger charge is 1.97. The number of hydrogen-bond acceptors (Lipinski definition) is 0. The third-order valence-electron chi connectivity index (χ3n) is 3.31. The van der Waals surface area contributed by atoms with Crippen molar-refractivity contribution in [3.05, 3.63) is 33.0 Å². The number of allylic oxidation sites excluding steroid dienone is 5. The maximum Gasteiger partial charge on any atom is -0.0129 e. The van der Waals surface area contributed by atoms with Gasteiger partial charge >= 0.3 is 0 Å². The molecule has 0 aromatic heterocycles. The zero-order chi connectivity index (χ0) is 14.5. The maximum absolute atomic E-state index is 2.42. The summed E-state index contributed by atoms with van der Waals surface area (Å²) in [5, 5.41) is 0. The van der Waals surface area contributed by atoms with Crippen LogP contribution in [0.3, 0.4) is 0 Å². The first kappa shape index (κ1) is 18.9. The number of hydrogen-bond donors (Lipinski definition) is 0. The van der Waals surface area contributed by atoms with Crippen molar-refractivity contribution in [2.75, 3.05) is 0 Å². The van der Waals surface area contributed by atoms with Crippen LogP contribution in [0.1, 0.15) is 79.1 Å². The Kier molecular flexibility index (Phi) is 12.9. The quantitative estimate of drug-likeness (QED) is 0.213. The lowest BCUT2D eigenvalue weighted by Gasteiger charge is -2.05. The van der Waals surface area contributed by atoms with Gasteiger partial charge in [-0.3, -0.25) is 0 Å². The number of unbranched alkanes of at least 4 members (excludes halogenated alkanes) is 3. The minimum atomic E-state index is 1.15. The summed E-state index contributed by atoms with van der Waals surface area (Å²) >= 11 is 2.39. The molecule has 0 aliphatic heterocycles. The summed E-state index contributed by atoms with van der Waals surface area (Å²) in [6, 6.07) is 0. The Bertz CT molecular complexity index is 304. The van der Waals surface area contributed by atoms with Crippen molar-refractivity contribution in [1.82, 2.24) is 0 Å². The predicted molar refractivity (Wildman–Crippen MR) is 97.9 cm³/mol. The molecular weight excluding hydrogens is 343 g/mol. The Labute approximate surface area is 134 Å². The topological polar surface area (TPSA) is 0 Å². The van der Waals surface area contributed by atoms with Crippen molar-refractivity contribution >= 4 is 22.6 Å². The molecule has 0 bridgehead atoms. The summed E-state index contributed by atoms with van der Waals surface area (Å²) in [7, 11) is 0. The molecule has 19 heavy (non-hydrogen) atoms. The van der Waals surface area contributed by atoms with Crippen molar-refractivity contribution in [3.63, 3.8) is 0 Å². The molecule has 0 saturated carbocycles. The first-order valence-corrected chi connectivity index (χ1v) is 8.91. The lowest BCUT2D eigenvalue weighted by molar-refractivity contribution is 0.661. The zero-order valence-electron chi connectivity index (χ0n) is 13.3. The Morgan fingerprint density at radius 2 is 1.68 bits per heavy atom. The number of halogens is 1. The molecule has 110 valence electrons. The van der Waals surface area contributed by atoms with Crippen LogP contribution in [0.4, 0.5) is 0 Å². The van der Waals surface area contributed by atoms with Gasteiger partial charge in [0, 0.05) is 0 Å². The third kappa shape index (κ3) is 12.7. The van der Waals surface area contributed by atoms with Crippen LogP contribution >= 0.6 is 22.6 Å². The molecule has 0 aromatic carbocycles. The van der Waals surface area contributed by atoms with Crippen molar-refractivity contribution in [1.29, 1.82) is 0 Å². The van der Waals surface area contributed by atoms with E-state index in [1.165, 1.54) is 56.1 Å². The van der Waals surface area contributed by atoms with Crippen molar-refractivity contribution in [2.45, 2.75) is 79.1 Å². The lowest BCUT2D eigenvalue weighted by Crippen LogP contribution is -1.85. The molecule has 0 radical (unpaired) electrons. The molecule has 0 aliphatic carbocycles. The summed E-state index contributed by atoms with van der Waals surface area (Å²) in [4.78, 5) is 0. The monoisotopic (exact) mass is 374 g/mol. The molecule has 0 heterocycles. The fraction of sp³-hybridized carbons (Fsp3) is 0.667. The standard InChI is InChI=1S/C18H31I/c1-5-6-7-8-12-18(15-19)14-13-17(4)11-9-10-16(2)3/h10,13,15H,5-9,11-12,14H2,1-4H3/b17-13+,18-15-. The minimum Gasteiger partial charge on any atom is -0.0856 e. The normalized spacial score (nSPS) is 12.7. The van der Waals surface area contributed by atoms with Crippen LogP contribution < -0.4 is 0 Å². The molecule has 0 spiro atoms. The van der Waals surface area contributed by atoms with Crippen molar-refractivity contribution in [2.24, 2.45) is 0 Å². The third-order valence-corrected chi connectivity index (χ3v) is 4.19. The molecule has 0 aromatic rings. The van der Waals surface area contributed by atoms with Crippen molar-refractivity contribution < 1.29 is 0 Å². The molecule has 0 N–H and O–H groups in total. The van der Waals surface area contributed by atoms with Crippen LogP contribution in [0, 0.1) is 0 Å². The Balaban J connectivity index is 3.94. The average Bonchev–Trinajstić information content (AvgIpc) is 2.37. The van der Waals surface area contributed by atoms with Crippen LogP contribution in [0.25, 0.3) is 0 Å². The first-order chi connectivity index (χ1) is 9.10. The van der Waals surface area contributed by atoms with Gasteiger partial charge in [0.15, 0.2) is 0 Å². The molecule has 0 fully saturated rings. The molecular formula is C18H31I. The molecule has 0 nitrogen and oxygen atoms in total. The molecule has 0 aliphatic rings. The average molecular weight is 374 g/mol. The summed E-state index contributed by atoms with van der Waals surface area (Å²) in [6.07, 6.45) is 15.0. The van der Waals surface area contributed by atoms with E-state index < -0.39 is 0 Å². The minimum absolute atomic E-state index is 1.15. The molecule has 0 rings (SSSR count). The molecule has 0 saturated heterocycles. The van der Waals surface area contributed by atoms with Crippen LogP contribution in [0.5, 0.6) is 0 Å². The largest absolute Gasteiger partial charge is 0.0856 e. The van der Waals surface area contributed by atoms with Gasteiger partial charge in [0.05, 0.1) is 0 Å². The van der Waals surface area contributed by atoms with E-state index in [1.54, 1.807) is 5.57 Å². The molecule has 0 amide bonds. The fourth-order valence-corrected chi connectivity index (χ4v) is 2.54. The number of rotatable bonds is 10. The van der Waals surface area contributed by atoms with Gasteiger partial charge in [-0.15, -0.1) is 0 Å². The summed E-state index contributed by atoms with van der Waals surface area (Å²) in [5.74, 6) is 0. The second kappa shape index (κ2) is 13.0. The van der Waals surface area contributed by atoms with Gasteiger partial charge in [-0.2, -0.15) is 0 Å². The van der Waals surface area contributed by atoms with Gasteiger partial charge in [0.1, 0.15) is 0 Å². The maximum atomic E-state index is 2.42.